The largest absolute Gasteiger partial charge is 0.314 e. The Balaban J connectivity index is 1.40. The topological polar surface area (TPSA) is 12.0 Å². The third kappa shape index (κ3) is 1.76. The van der Waals surface area contributed by atoms with Crippen molar-refractivity contribution < 1.29 is 0 Å². The maximum atomic E-state index is 3.64. The van der Waals surface area contributed by atoms with Gasteiger partial charge in [-0.25, -0.2) is 0 Å². The van der Waals surface area contributed by atoms with Crippen LogP contribution in [-0.4, -0.2) is 12.6 Å². The second-order valence-electron chi connectivity index (χ2n) is 5.45. The maximum Gasteiger partial charge on any atom is 0.00682 e. The molecule has 0 spiro atoms. The van der Waals surface area contributed by atoms with Crippen molar-refractivity contribution >= 4 is 0 Å². The molecule has 0 saturated heterocycles. The van der Waals surface area contributed by atoms with Gasteiger partial charge < -0.3 is 5.32 Å². The van der Waals surface area contributed by atoms with Crippen molar-refractivity contribution in [2.45, 2.75) is 51.0 Å². The summed E-state index contributed by atoms with van der Waals surface area (Å²) in [6, 6.07) is 0.915. The average Bonchev–Trinajstić information content (AvgIpc) is 2.74. The van der Waals surface area contributed by atoms with E-state index in [-0.39, 0.29) is 0 Å². The van der Waals surface area contributed by atoms with E-state index in [0.29, 0.717) is 0 Å². The van der Waals surface area contributed by atoms with Crippen molar-refractivity contribution in [1.29, 1.82) is 0 Å². The summed E-state index contributed by atoms with van der Waals surface area (Å²) in [4.78, 5) is 0. The minimum atomic E-state index is 0.915. The molecule has 3 aliphatic rings. The monoisotopic (exact) mass is 179 g/mol. The summed E-state index contributed by atoms with van der Waals surface area (Å²) >= 11 is 0. The maximum absolute atomic E-state index is 3.64. The average molecular weight is 179 g/mol. The van der Waals surface area contributed by atoms with Crippen LogP contribution < -0.4 is 5.32 Å². The molecule has 3 rings (SSSR count). The first-order valence-corrected chi connectivity index (χ1v) is 6.15. The van der Waals surface area contributed by atoms with E-state index in [1.807, 2.05) is 0 Å². The zero-order chi connectivity index (χ0) is 8.67. The van der Waals surface area contributed by atoms with Gasteiger partial charge in [-0.1, -0.05) is 6.42 Å². The molecular weight excluding hydrogens is 158 g/mol. The van der Waals surface area contributed by atoms with Crippen molar-refractivity contribution in [2.24, 2.45) is 17.8 Å². The van der Waals surface area contributed by atoms with Crippen LogP contribution in [0.15, 0.2) is 0 Å². The Kier molecular flexibility index (Phi) is 2.08. The second kappa shape index (κ2) is 3.27. The summed E-state index contributed by atoms with van der Waals surface area (Å²) in [6.45, 7) is 1.30. The van der Waals surface area contributed by atoms with E-state index in [0.717, 1.165) is 23.8 Å². The van der Waals surface area contributed by atoms with Crippen LogP contribution in [0.2, 0.25) is 0 Å². The zero-order valence-corrected chi connectivity index (χ0v) is 8.47. The van der Waals surface area contributed by atoms with E-state index in [1.165, 1.54) is 25.8 Å². The van der Waals surface area contributed by atoms with Crippen LogP contribution in [0.4, 0.5) is 0 Å². The molecule has 3 fully saturated rings. The van der Waals surface area contributed by atoms with Crippen LogP contribution in [-0.2, 0) is 0 Å². The fourth-order valence-corrected chi connectivity index (χ4v) is 3.49. The fraction of sp³-hybridized carbons (Fsp3) is 1.00. The molecule has 0 aromatic rings. The van der Waals surface area contributed by atoms with Crippen LogP contribution >= 0.6 is 0 Å². The Labute approximate surface area is 81.3 Å². The minimum Gasteiger partial charge on any atom is -0.314 e. The molecule has 1 N–H and O–H groups in total. The molecule has 0 heterocycles. The molecule has 0 radical (unpaired) electrons. The lowest BCUT2D eigenvalue weighted by molar-refractivity contribution is 0.310. The Bertz CT molecular complexity index is 186. The van der Waals surface area contributed by atoms with Gasteiger partial charge >= 0.3 is 0 Å². The highest BCUT2D eigenvalue weighted by molar-refractivity contribution is 4.90. The first-order chi connectivity index (χ1) is 6.42. The highest BCUT2D eigenvalue weighted by atomic mass is 14.9. The molecule has 3 atom stereocenters. The van der Waals surface area contributed by atoms with Gasteiger partial charge in [-0.05, 0) is 62.8 Å². The van der Waals surface area contributed by atoms with Crippen LogP contribution in [0.1, 0.15) is 44.9 Å². The van der Waals surface area contributed by atoms with E-state index in [2.05, 4.69) is 5.32 Å². The summed E-state index contributed by atoms with van der Waals surface area (Å²) in [5, 5.41) is 3.64. The Morgan fingerprint density at radius 2 is 1.92 bits per heavy atom. The van der Waals surface area contributed by atoms with E-state index >= 15 is 0 Å². The molecular formula is C12H21N. The molecule has 13 heavy (non-hydrogen) atoms. The van der Waals surface area contributed by atoms with Gasteiger partial charge in [0, 0.05) is 6.04 Å². The summed E-state index contributed by atoms with van der Waals surface area (Å²) in [5.41, 5.74) is 0. The number of hydrogen-bond acceptors (Lipinski definition) is 1. The highest BCUT2D eigenvalue weighted by Crippen LogP contribution is 2.49. The number of rotatable bonds is 4. The number of fused-ring (bicyclic) bond motifs is 2. The molecule has 74 valence electrons. The number of nitrogens with one attached hydrogen (secondary N) is 1. The van der Waals surface area contributed by atoms with E-state index in [9.17, 15) is 0 Å². The minimum absolute atomic E-state index is 0.915. The summed E-state index contributed by atoms with van der Waals surface area (Å²) < 4.78 is 0. The Hall–Kier alpha value is -0.0400. The van der Waals surface area contributed by atoms with Gasteiger partial charge in [0.2, 0.25) is 0 Å². The van der Waals surface area contributed by atoms with Gasteiger partial charge in [-0.15, -0.1) is 0 Å². The van der Waals surface area contributed by atoms with E-state index in [4.69, 9.17) is 0 Å². The van der Waals surface area contributed by atoms with Crippen LogP contribution in [0.25, 0.3) is 0 Å². The Morgan fingerprint density at radius 1 is 1.00 bits per heavy atom. The predicted molar refractivity (Wildman–Crippen MR) is 54.6 cm³/mol. The van der Waals surface area contributed by atoms with Gasteiger partial charge in [0.05, 0.1) is 0 Å². The fourth-order valence-electron chi connectivity index (χ4n) is 3.49. The van der Waals surface area contributed by atoms with Gasteiger partial charge in [0.15, 0.2) is 0 Å². The predicted octanol–water partition coefficient (Wildman–Crippen LogP) is 2.56. The van der Waals surface area contributed by atoms with E-state index < -0.39 is 0 Å². The van der Waals surface area contributed by atoms with Crippen molar-refractivity contribution in [3.63, 3.8) is 0 Å². The third-order valence-electron chi connectivity index (χ3n) is 4.41. The molecule has 0 aromatic carbocycles. The standard InChI is InChI=1S/C12H21N/c1-2-10-7-9(1)8-11(10)5-6-13-12-3-4-12/h9-13H,1-8H2/t9-,10+,11+/m0/s1. The van der Waals surface area contributed by atoms with Crippen molar-refractivity contribution in [1.82, 2.24) is 5.32 Å². The van der Waals surface area contributed by atoms with Gasteiger partial charge in [0.25, 0.3) is 0 Å². The molecule has 0 aromatic heterocycles. The van der Waals surface area contributed by atoms with Gasteiger partial charge in [-0.2, -0.15) is 0 Å². The molecule has 0 unspecified atom stereocenters. The van der Waals surface area contributed by atoms with Crippen LogP contribution in [0.5, 0.6) is 0 Å². The molecule has 2 bridgehead atoms. The quantitative estimate of drug-likeness (QED) is 0.699. The van der Waals surface area contributed by atoms with Crippen molar-refractivity contribution in [2.75, 3.05) is 6.54 Å². The summed E-state index contributed by atoms with van der Waals surface area (Å²) in [7, 11) is 0. The summed E-state index contributed by atoms with van der Waals surface area (Å²) in [6.07, 6.45) is 10.6. The van der Waals surface area contributed by atoms with Crippen LogP contribution in [0, 0.1) is 17.8 Å². The second-order valence-corrected chi connectivity index (χ2v) is 5.45. The lowest BCUT2D eigenvalue weighted by atomic mass is 9.86. The normalized spacial score (nSPS) is 42.9. The van der Waals surface area contributed by atoms with E-state index in [1.54, 1.807) is 25.7 Å². The summed E-state index contributed by atoms with van der Waals surface area (Å²) in [5.74, 6) is 3.37. The van der Waals surface area contributed by atoms with Gasteiger partial charge in [-0.3, -0.25) is 0 Å². The van der Waals surface area contributed by atoms with Crippen molar-refractivity contribution in [3.05, 3.63) is 0 Å². The van der Waals surface area contributed by atoms with Crippen LogP contribution in [0.3, 0.4) is 0 Å². The molecule has 1 heteroatoms. The number of hydrogen-bond donors (Lipinski definition) is 1. The molecule has 0 amide bonds. The zero-order valence-electron chi connectivity index (χ0n) is 8.47. The third-order valence-corrected chi connectivity index (χ3v) is 4.41. The van der Waals surface area contributed by atoms with Crippen molar-refractivity contribution in [3.8, 4) is 0 Å². The molecule has 3 saturated carbocycles. The smallest absolute Gasteiger partial charge is 0.00682 e. The molecule has 3 aliphatic carbocycles. The SMILES string of the molecule is C(C[C@@H]1C[C@H]2CC[C@@H]1C2)NC1CC1. The van der Waals surface area contributed by atoms with Gasteiger partial charge in [0.1, 0.15) is 0 Å². The first-order valence-electron chi connectivity index (χ1n) is 6.15. The first kappa shape index (κ1) is 8.28. The molecule has 0 aliphatic heterocycles. The Morgan fingerprint density at radius 3 is 2.54 bits per heavy atom. The highest BCUT2D eigenvalue weighted by Gasteiger charge is 2.38. The lowest BCUT2D eigenvalue weighted by Crippen LogP contribution is -2.22. The lowest BCUT2D eigenvalue weighted by Gasteiger charge is -2.21. The molecule has 1 nitrogen and oxygen atoms in total.